The van der Waals surface area contributed by atoms with Crippen LogP contribution in [0.3, 0.4) is 0 Å². The van der Waals surface area contributed by atoms with Gasteiger partial charge in [0.05, 0.1) is 10.7 Å². The maximum absolute atomic E-state index is 12.2. The van der Waals surface area contributed by atoms with E-state index in [0.717, 1.165) is 5.01 Å². The van der Waals surface area contributed by atoms with Crippen molar-refractivity contribution < 1.29 is 23.1 Å². The molecule has 0 atom stereocenters. The summed E-state index contributed by atoms with van der Waals surface area (Å²) in [5.41, 5.74) is 0.995. The molecule has 0 fully saturated rings. The van der Waals surface area contributed by atoms with Crippen LogP contribution in [0.4, 0.5) is 14.5 Å². The van der Waals surface area contributed by atoms with Crippen LogP contribution in [0.1, 0.15) is 20.4 Å². The quantitative estimate of drug-likeness (QED) is 0.616. The summed E-state index contributed by atoms with van der Waals surface area (Å²) in [6.45, 7) is 3.03. The molecule has 0 spiro atoms. The fourth-order valence-corrected chi connectivity index (χ4v) is 3.15. The van der Waals surface area contributed by atoms with Crippen LogP contribution in [-0.4, -0.2) is 29.2 Å². The molecule has 0 saturated carbocycles. The van der Waals surface area contributed by atoms with Gasteiger partial charge in [0.15, 0.2) is 6.61 Å². The van der Waals surface area contributed by atoms with Gasteiger partial charge in [-0.1, -0.05) is 11.8 Å². The third-order valence-electron chi connectivity index (χ3n) is 2.79. The summed E-state index contributed by atoms with van der Waals surface area (Å²) in [5.74, 6) is -3.61. The maximum Gasteiger partial charge on any atom is 0.350 e. The second-order valence-corrected chi connectivity index (χ2v) is 6.94. The van der Waals surface area contributed by atoms with Gasteiger partial charge in [0.25, 0.3) is 11.7 Å². The predicted molar refractivity (Wildman–Crippen MR) is 88.8 cm³/mol. The highest BCUT2D eigenvalue weighted by molar-refractivity contribution is 7.99. The van der Waals surface area contributed by atoms with E-state index < -0.39 is 24.2 Å². The minimum absolute atomic E-state index is 0.369. The van der Waals surface area contributed by atoms with Gasteiger partial charge in [-0.15, -0.1) is 11.3 Å². The number of hydrogen-bond donors (Lipinski definition) is 1. The van der Waals surface area contributed by atoms with Crippen molar-refractivity contribution in [3.05, 3.63) is 39.8 Å². The lowest BCUT2D eigenvalue weighted by molar-refractivity contribution is -0.119. The van der Waals surface area contributed by atoms with Crippen LogP contribution >= 0.6 is 23.1 Å². The molecule has 128 valence electrons. The maximum atomic E-state index is 12.2. The fourth-order valence-electron chi connectivity index (χ4n) is 1.83. The molecule has 0 bridgehead atoms. The Morgan fingerprint density at radius 3 is 2.50 bits per heavy atom. The van der Waals surface area contributed by atoms with Gasteiger partial charge >= 0.3 is 5.97 Å². The number of carbonyl (C=O) groups is 2. The van der Waals surface area contributed by atoms with Crippen LogP contribution in [0.2, 0.25) is 0 Å². The molecule has 2 aromatic rings. The summed E-state index contributed by atoms with van der Waals surface area (Å²) in [4.78, 5) is 28.5. The Labute approximate surface area is 145 Å². The molecule has 0 aliphatic heterocycles. The first-order valence-corrected chi connectivity index (χ1v) is 8.50. The predicted octanol–water partition coefficient (Wildman–Crippen LogP) is 3.87. The lowest BCUT2D eigenvalue weighted by atomic mass is 10.3. The number of alkyl halides is 2. The molecule has 2 rings (SSSR count). The summed E-state index contributed by atoms with van der Waals surface area (Å²) in [7, 11) is 0. The summed E-state index contributed by atoms with van der Waals surface area (Å²) < 4.78 is 29.4. The zero-order valence-electron chi connectivity index (χ0n) is 12.8. The number of amides is 1. The number of benzene rings is 1. The number of aryl methyl sites for hydroxylation is 2. The van der Waals surface area contributed by atoms with E-state index in [0.29, 0.717) is 32.9 Å². The van der Waals surface area contributed by atoms with E-state index in [-0.39, 0.29) is 0 Å². The smallest absolute Gasteiger partial charge is 0.350 e. The lowest BCUT2D eigenvalue weighted by Crippen LogP contribution is -2.20. The second-order valence-electron chi connectivity index (χ2n) is 4.67. The minimum Gasteiger partial charge on any atom is -0.451 e. The fraction of sp³-hybridized carbons (Fsp3) is 0.267. The Bertz CT molecular complexity index is 733. The van der Waals surface area contributed by atoms with Gasteiger partial charge in [0.2, 0.25) is 0 Å². The Morgan fingerprint density at radius 2 is 1.96 bits per heavy atom. The van der Waals surface area contributed by atoms with E-state index in [1.54, 1.807) is 13.8 Å². The van der Waals surface area contributed by atoms with Gasteiger partial charge in [0, 0.05) is 10.6 Å². The van der Waals surface area contributed by atoms with Gasteiger partial charge < -0.3 is 10.1 Å². The second kappa shape index (κ2) is 8.20. The van der Waals surface area contributed by atoms with Gasteiger partial charge in [-0.05, 0) is 38.1 Å². The Hall–Kier alpha value is -2.00. The average Bonchev–Trinajstić information content (AvgIpc) is 2.85. The molecule has 0 aliphatic rings. The molecular weight excluding hydrogens is 358 g/mol. The van der Waals surface area contributed by atoms with Crippen LogP contribution in [0.15, 0.2) is 29.2 Å². The van der Waals surface area contributed by atoms with Crippen LogP contribution < -0.4 is 5.32 Å². The number of carbonyl (C=O) groups excluding carboxylic acids is 2. The van der Waals surface area contributed by atoms with Crippen molar-refractivity contribution in [1.82, 2.24) is 4.98 Å². The van der Waals surface area contributed by atoms with E-state index in [1.165, 1.54) is 35.6 Å². The topological polar surface area (TPSA) is 68.3 Å². The SMILES string of the molecule is Cc1nc(C)c(C(=O)OCC(=O)Nc2ccc(SC(F)F)cc2)s1. The van der Waals surface area contributed by atoms with Crippen LogP contribution in [-0.2, 0) is 9.53 Å². The number of nitrogens with zero attached hydrogens (tertiary/aromatic N) is 1. The molecule has 9 heteroatoms. The van der Waals surface area contributed by atoms with Gasteiger partial charge in [0.1, 0.15) is 4.88 Å². The summed E-state index contributed by atoms with van der Waals surface area (Å²) in [6, 6.07) is 5.95. The van der Waals surface area contributed by atoms with Crippen molar-refractivity contribution >= 4 is 40.7 Å². The number of hydrogen-bond acceptors (Lipinski definition) is 6. The number of nitrogens with one attached hydrogen (secondary N) is 1. The van der Waals surface area contributed by atoms with E-state index in [9.17, 15) is 18.4 Å². The first kappa shape index (κ1) is 18.3. The number of anilines is 1. The molecule has 1 heterocycles. The molecular formula is C15H14F2N2O3S2. The Kier molecular flexibility index (Phi) is 6.27. The summed E-state index contributed by atoms with van der Waals surface area (Å²) in [5, 5.41) is 3.27. The lowest BCUT2D eigenvalue weighted by Gasteiger charge is -2.07. The molecule has 24 heavy (non-hydrogen) atoms. The van der Waals surface area contributed by atoms with Crippen LogP contribution in [0.25, 0.3) is 0 Å². The molecule has 1 amide bonds. The normalized spacial score (nSPS) is 10.7. The molecule has 1 aromatic carbocycles. The number of esters is 1. The van der Waals surface area contributed by atoms with Crippen molar-refractivity contribution in [2.75, 3.05) is 11.9 Å². The first-order valence-electron chi connectivity index (χ1n) is 6.81. The molecule has 0 saturated heterocycles. The molecule has 1 aromatic heterocycles. The summed E-state index contributed by atoms with van der Waals surface area (Å²) in [6.07, 6.45) is 0. The van der Waals surface area contributed by atoms with E-state index in [4.69, 9.17) is 4.74 Å². The standard InChI is InChI=1S/C15H14F2N2O3S2/c1-8-13(23-9(2)18-8)14(21)22-7-12(20)19-10-3-5-11(6-4-10)24-15(16)17/h3-6,15H,7H2,1-2H3,(H,19,20). The highest BCUT2D eigenvalue weighted by Gasteiger charge is 2.16. The Morgan fingerprint density at radius 1 is 1.29 bits per heavy atom. The monoisotopic (exact) mass is 372 g/mol. The number of thioether (sulfide) groups is 1. The van der Waals surface area contributed by atoms with Crippen molar-refractivity contribution in [2.24, 2.45) is 0 Å². The molecule has 0 aliphatic carbocycles. The zero-order valence-corrected chi connectivity index (χ0v) is 14.5. The number of ether oxygens (including phenoxy) is 1. The van der Waals surface area contributed by atoms with Gasteiger partial charge in [-0.2, -0.15) is 8.78 Å². The van der Waals surface area contributed by atoms with Crippen molar-refractivity contribution in [1.29, 1.82) is 0 Å². The van der Waals surface area contributed by atoms with Gasteiger partial charge in [-0.25, -0.2) is 9.78 Å². The number of aromatic nitrogens is 1. The molecule has 1 N–H and O–H groups in total. The van der Waals surface area contributed by atoms with Crippen LogP contribution in [0.5, 0.6) is 0 Å². The van der Waals surface area contributed by atoms with Crippen molar-refractivity contribution in [3.63, 3.8) is 0 Å². The largest absolute Gasteiger partial charge is 0.451 e. The number of thiazole rings is 1. The molecule has 5 nitrogen and oxygen atoms in total. The van der Waals surface area contributed by atoms with Crippen LogP contribution in [0, 0.1) is 13.8 Å². The number of halogens is 2. The first-order chi connectivity index (χ1) is 11.3. The molecule has 0 radical (unpaired) electrons. The third-order valence-corrected chi connectivity index (χ3v) is 4.56. The van der Waals surface area contributed by atoms with E-state index in [1.807, 2.05) is 0 Å². The number of rotatable bonds is 6. The Balaban J connectivity index is 1.85. The minimum atomic E-state index is -2.50. The van der Waals surface area contributed by atoms with E-state index in [2.05, 4.69) is 10.3 Å². The zero-order chi connectivity index (χ0) is 17.7. The van der Waals surface area contributed by atoms with Gasteiger partial charge in [-0.3, -0.25) is 4.79 Å². The molecule has 0 unspecified atom stereocenters. The van der Waals surface area contributed by atoms with E-state index >= 15 is 0 Å². The highest BCUT2D eigenvalue weighted by atomic mass is 32.2. The highest BCUT2D eigenvalue weighted by Crippen LogP contribution is 2.26. The van der Waals surface area contributed by atoms with Crippen molar-refractivity contribution in [3.8, 4) is 0 Å². The third kappa shape index (κ3) is 5.27. The average molecular weight is 372 g/mol. The summed E-state index contributed by atoms with van der Waals surface area (Å²) >= 11 is 1.62. The van der Waals surface area contributed by atoms with Crippen molar-refractivity contribution in [2.45, 2.75) is 24.5 Å².